The number of methoxy groups -OCH3 is 1. The number of carbonyl (C=O) groups excluding carboxylic acids is 3. The van der Waals surface area contributed by atoms with Crippen LogP contribution in [0.1, 0.15) is 21.5 Å². The highest BCUT2D eigenvalue weighted by atomic mass is 16.5. The maximum Gasteiger partial charge on any atom is 0.433 e. The summed E-state index contributed by atoms with van der Waals surface area (Å²) in [6.45, 7) is 2.87. The van der Waals surface area contributed by atoms with Gasteiger partial charge in [0.15, 0.2) is 0 Å². The van der Waals surface area contributed by atoms with E-state index < -0.39 is 12.0 Å². The molecule has 1 aromatic heterocycles. The van der Waals surface area contributed by atoms with Crippen molar-refractivity contribution < 1.29 is 19.1 Å². The van der Waals surface area contributed by atoms with Gasteiger partial charge in [-0.15, -0.1) is 0 Å². The number of nitrogens with one attached hydrogen (secondary N) is 1. The Hall–Kier alpha value is -5.54. The van der Waals surface area contributed by atoms with Gasteiger partial charge in [-0.3, -0.25) is 19.9 Å². The number of fused-ring (bicyclic) bond motifs is 1. The standard InChI is InChI=1S/C37H35N5O4/c1-46-37(45)42(29-17-9-4-10-18-29)39-36(44)34-30-19-11-12-20-32(30)38-35(28-15-7-3-8-16-28)31(34)26-40-21-23-41(24-22-40)33(43)25-27-13-5-2-6-14-27/h2-20H,21-26H2,1H3,(H,39,44). The fraction of sp³-hybridized carbons (Fsp3) is 0.189. The average molecular weight is 614 g/mol. The van der Waals surface area contributed by atoms with Gasteiger partial charge >= 0.3 is 6.09 Å². The molecule has 232 valence electrons. The van der Waals surface area contributed by atoms with E-state index in [1.807, 2.05) is 95.9 Å². The number of carbonyl (C=O) groups is 3. The van der Waals surface area contributed by atoms with Crippen LogP contribution in [0.15, 0.2) is 115 Å². The summed E-state index contributed by atoms with van der Waals surface area (Å²) in [5.74, 6) is -0.358. The Bertz CT molecular complexity index is 1830. The number of rotatable bonds is 7. The number of pyridine rings is 1. The highest BCUT2D eigenvalue weighted by Gasteiger charge is 2.28. The molecule has 0 spiro atoms. The van der Waals surface area contributed by atoms with E-state index in [1.54, 1.807) is 24.3 Å². The van der Waals surface area contributed by atoms with Gasteiger partial charge in [0, 0.05) is 49.2 Å². The van der Waals surface area contributed by atoms with E-state index in [4.69, 9.17) is 9.72 Å². The summed E-state index contributed by atoms with van der Waals surface area (Å²) in [5.41, 5.74) is 7.67. The van der Waals surface area contributed by atoms with E-state index >= 15 is 0 Å². The van der Waals surface area contributed by atoms with Crippen molar-refractivity contribution in [3.8, 4) is 11.3 Å². The number of hydrogen-bond acceptors (Lipinski definition) is 6. The fourth-order valence-electron chi connectivity index (χ4n) is 5.80. The lowest BCUT2D eigenvalue weighted by atomic mass is 9.95. The minimum absolute atomic E-state index is 0.104. The Kier molecular flexibility index (Phi) is 9.31. The van der Waals surface area contributed by atoms with Crippen LogP contribution in [0.4, 0.5) is 10.5 Å². The Morgan fingerprint density at radius 3 is 2.07 bits per heavy atom. The summed E-state index contributed by atoms with van der Waals surface area (Å²) in [6, 6.07) is 35.9. The molecule has 3 amide bonds. The number of nitrogens with zero attached hydrogens (tertiary/aromatic N) is 4. The summed E-state index contributed by atoms with van der Waals surface area (Å²) < 4.78 is 5.02. The highest BCUT2D eigenvalue weighted by molar-refractivity contribution is 6.10. The molecule has 5 aromatic rings. The molecule has 0 saturated carbocycles. The predicted molar refractivity (Wildman–Crippen MR) is 178 cm³/mol. The van der Waals surface area contributed by atoms with Crippen LogP contribution >= 0.6 is 0 Å². The zero-order valence-electron chi connectivity index (χ0n) is 25.6. The Morgan fingerprint density at radius 1 is 0.783 bits per heavy atom. The second-order valence-corrected chi connectivity index (χ2v) is 11.1. The number of benzene rings is 4. The number of para-hydroxylation sites is 2. The van der Waals surface area contributed by atoms with Gasteiger partial charge in [-0.1, -0.05) is 97.1 Å². The molecular formula is C37H35N5O4. The maximum absolute atomic E-state index is 14.4. The van der Waals surface area contributed by atoms with E-state index in [0.717, 1.165) is 21.7 Å². The van der Waals surface area contributed by atoms with Gasteiger partial charge < -0.3 is 9.64 Å². The smallest absolute Gasteiger partial charge is 0.433 e. The minimum atomic E-state index is -0.723. The number of anilines is 1. The van der Waals surface area contributed by atoms with Crippen molar-refractivity contribution in [3.63, 3.8) is 0 Å². The number of amides is 3. The monoisotopic (exact) mass is 613 g/mol. The first-order chi connectivity index (χ1) is 22.5. The molecule has 0 bridgehead atoms. The quantitative estimate of drug-likeness (QED) is 0.237. The summed E-state index contributed by atoms with van der Waals surface area (Å²) in [6.07, 6.45) is -0.352. The fourth-order valence-corrected chi connectivity index (χ4v) is 5.80. The van der Waals surface area contributed by atoms with Gasteiger partial charge in [-0.2, -0.15) is 5.01 Å². The van der Waals surface area contributed by atoms with Gasteiger partial charge in [0.25, 0.3) is 5.91 Å². The molecule has 0 radical (unpaired) electrons. The van der Waals surface area contributed by atoms with Crippen LogP contribution in [0.2, 0.25) is 0 Å². The molecule has 2 heterocycles. The van der Waals surface area contributed by atoms with Crippen LogP contribution in [-0.4, -0.2) is 66.0 Å². The van der Waals surface area contributed by atoms with Crippen LogP contribution in [0.25, 0.3) is 22.2 Å². The molecule has 0 aliphatic carbocycles. The normalized spacial score (nSPS) is 13.3. The van der Waals surface area contributed by atoms with Crippen molar-refractivity contribution in [2.75, 3.05) is 38.3 Å². The molecule has 1 aliphatic heterocycles. The van der Waals surface area contributed by atoms with E-state index in [1.165, 1.54) is 7.11 Å². The number of aromatic nitrogens is 1. The zero-order chi connectivity index (χ0) is 31.9. The summed E-state index contributed by atoms with van der Waals surface area (Å²) in [4.78, 5) is 49.5. The maximum atomic E-state index is 14.4. The molecule has 4 aromatic carbocycles. The van der Waals surface area contributed by atoms with Gasteiger partial charge in [-0.05, 0) is 23.8 Å². The SMILES string of the molecule is COC(=O)N(NC(=O)c1c(CN2CCN(C(=O)Cc3ccccc3)CC2)c(-c2ccccc2)nc2ccccc12)c1ccccc1. The Morgan fingerprint density at radius 2 is 1.39 bits per heavy atom. The topological polar surface area (TPSA) is 95.1 Å². The molecular weight excluding hydrogens is 578 g/mol. The molecule has 0 unspecified atom stereocenters. The van der Waals surface area contributed by atoms with Crippen LogP contribution < -0.4 is 10.4 Å². The van der Waals surface area contributed by atoms with Crippen LogP contribution in [0.5, 0.6) is 0 Å². The van der Waals surface area contributed by atoms with Crippen LogP contribution in [0, 0.1) is 0 Å². The largest absolute Gasteiger partial charge is 0.451 e. The van der Waals surface area contributed by atoms with E-state index in [0.29, 0.717) is 67.0 Å². The van der Waals surface area contributed by atoms with Crippen molar-refractivity contribution in [3.05, 3.63) is 132 Å². The average Bonchev–Trinajstić information content (AvgIpc) is 3.11. The third-order valence-electron chi connectivity index (χ3n) is 8.16. The first-order valence-electron chi connectivity index (χ1n) is 15.3. The van der Waals surface area contributed by atoms with Crippen molar-refractivity contribution in [2.45, 2.75) is 13.0 Å². The molecule has 1 saturated heterocycles. The zero-order valence-corrected chi connectivity index (χ0v) is 25.6. The highest BCUT2D eigenvalue weighted by Crippen LogP contribution is 2.32. The van der Waals surface area contributed by atoms with E-state index in [-0.39, 0.29) is 5.91 Å². The van der Waals surface area contributed by atoms with Crippen molar-refractivity contribution >= 4 is 34.5 Å². The molecule has 9 heteroatoms. The Labute approximate surface area is 268 Å². The molecule has 6 rings (SSSR count). The Balaban J connectivity index is 1.34. The molecule has 1 aliphatic rings. The molecule has 0 atom stereocenters. The van der Waals surface area contributed by atoms with Crippen molar-refractivity contribution in [1.29, 1.82) is 0 Å². The lowest BCUT2D eigenvalue weighted by molar-refractivity contribution is -0.132. The number of hydrazine groups is 1. The van der Waals surface area contributed by atoms with E-state index in [2.05, 4.69) is 10.3 Å². The lowest BCUT2D eigenvalue weighted by Crippen LogP contribution is -2.49. The first-order valence-corrected chi connectivity index (χ1v) is 15.3. The number of hydrogen-bond donors (Lipinski definition) is 1. The third-order valence-corrected chi connectivity index (χ3v) is 8.16. The van der Waals surface area contributed by atoms with Crippen LogP contribution in [0.3, 0.4) is 0 Å². The molecule has 1 N–H and O–H groups in total. The van der Waals surface area contributed by atoms with Crippen LogP contribution in [-0.2, 0) is 22.5 Å². The second kappa shape index (κ2) is 14.0. The lowest BCUT2D eigenvalue weighted by Gasteiger charge is -2.35. The van der Waals surface area contributed by atoms with Crippen molar-refractivity contribution in [2.24, 2.45) is 0 Å². The molecule has 9 nitrogen and oxygen atoms in total. The number of ether oxygens (including phenoxy) is 1. The van der Waals surface area contributed by atoms with E-state index in [9.17, 15) is 14.4 Å². The van der Waals surface area contributed by atoms with Gasteiger partial charge in [0.2, 0.25) is 5.91 Å². The van der Waals surface area contributed by atoms with Gasteiger partial charge in [0.05, 0.1) is 36.0 Å². The van der Waals surface area contributed by atoms with Gasteiger partial charge in [0.1, 0.15) is 0 Å². The number of piperazine rings is 1. The second-order valence-electron chi connectivity index (χ2n) is 11.1. The predicted octanol–water partition coefficient (Wildman–Crippen LogP) is 5.71. The van der Waals surface area contributed by atoms with Gasteiger partial charge in [-0.25, -0.2) is 9.78 Å². The van der Waals surface area contributed by atoms with Crippen molar-refractivity contribution in [1.82, 2.24) is 20.2 Å². The summed E-state index contributed by atoms with van der Waals surface area (Å²) in [7, 11) is 1.27. The summed E-state index contributed by atoms with van der Waals surface area (Å²) in [5, 5.41) is 1.78. The molecule has 46 heavy (non-hydrogen) atoms. The third kappa shape index (κ3) is 6.74. The minimum Gasteiger partial charge on any atom is -0.451 e. The first kappa shape index (κ1) is 30.5. The molecule has 1 fully saturated rings. The summed E-state index contributed by atoms with van der Waals surface area (Å²) >= 11 is 0.